The van der Waals surface area contributed by atoms with Crippen LogP contribution in [-0.4, -0.2) is 37.6 Å². The maximum atomic E-state index is 5.87. The summed E-state index contributed by atoms with van der Waals surface area (Å²) in [6.07, 6.45) is 0. The molecule has 0 amide bonds. The zero-order valence-corrected chi connectivity index (χ0v) is 11.1. The van der Waals surface area contributed by atoms with Gasteiger partial charge in [-0.05, 0) is 38.6 Å². The Kier molecular flexibility index (Phi) is 3.69. The second-order valence-corrected chi connectivity index (χ2v) is 5.18. The third kappa shape index (κ3) is 2.79. The van der Waals surface area contributed by atoms with Crippen molar-refractivity contribution in [2.24, 2.45) is 5.73 Å². The van der Waals surface area contributed by atoms with Gasteiger partial charge in [0.1, 0.15) is 0 Å². The van der Waals surface area contributed by atoms with Gasteiger partial charge in [0.15, 0.2) is 0 Å². The molecule has 1 fully saturated rings. The van der Waals surface area contributed by atoms with Crippen LogP contribution >= 0.6 is 0 Å². The van der Waals surface area contributed by atoms with Crippen molar-refractivity contribution in [1.29, 1.82) is 0 Å². The van der Waals surface area contributed by atoms with Crippen LogP contribution in [0.1, 0.15) is 25.5 Å². The van der Waals surface area contributed by atoms with Crippen LogP contribution in [-0.2, 0) is 0 Å². The van der Waals surface area contributed by atoms with E-state index in [9.17, 15) is 0 Å². The second-order valence-electron chi connectivity index (χ2n) is 5.18. The molecule has 1 unspecified atom stereocenters. The smallest absolute Gasteiger partial charge is 0.0389 e. The lowest BCUT2D eigenvalue weighted by Gasteiger charge is -2.39. The monoisotopic (exact) mass is 233 g/mol. The summed E-state index contributed by atoms with van der Waals surface area (Å²) in [5, 5.41) is 0. The molecule has 0 aromatic heterocycles. The highest BCUT2D eigenvalue weighted by molar-refractivity contribution is 5.49. The molecule has 1 saturated heterocycles. The van der Waals surface area contributed by atoms with Gasteiger partial charge >= 0.3 is 0 Å². The van der Waals surface area contributed by atoms with Crippen LogP contribution in [0.4, 0.5) is 5.69 Å². The van der Waals surface area contributed by atoms with Crippen LogP contribution in [0.25, 0.3) is 0 Å². The molecule has 1 aliphatic heterocycles. The molecule has 0 radical (unpaired) electrons. The average molecular weight is 233 g/mol. The topological polar surface area (TPSA) is 32.5 Å². The molecular formula is C14H23N3. The number of nitrogens with two attached hydrogens (primary N) is 1. The molecule has 0 aliphatic carbocycles. The second kappa shape index (κ2) is 5.07. The Morgan fingerprint density at radius 3 is 2.41 bits per heavy atom. The Bertz CT molecular complexity index is 358. The lowest BCUT2D eigenvalue weighted by Crippen LogP contribution is -2.50. The van der Waals surface area contributed by atoms with Crippen molar-refractivity contribution >= 4 is 5.69 Å². The Morgan fingerprint density at radius 2 is 1.88 bits per heavy atom. The van der Waals surface area contributed by atoms with Crippen molar-refractivity contribution in [3.05, 3.63) is 29.8 Å². The molecule has 1 aliphatic rings. The van der Waals surface area contributed by atoms with Crippen LogP contribution in [0.2, 0.25) is 0 Å². The number of hydrogen-bond donors (Lipinski definition) is 1. The standard InChI is InChI=1S/C14H23N3/c1-11-10-16(3)8-9-17(11)14-6-4-13(5-7-14)12(2)15/h4-7,11-12H,8-10,15H2,1-3H3/t11?,12-/m1/s1. The Morgan fingerprint density at radius 1 is 1.24 bits per heavy atom. The van der Waals surface area contributed by atoms with Gasteiger partial charge in [0.25, 0.3) is 0 Å². The van der Waals surface area contributed by atoms with Gasteiger partial charge in [0.05, 0.1) is 0 Å². The minimum absolute atomic E-state index is 0.119. The molecule has 2 rings (SSSR count). The maximum absolute atomic E-state index is 5.87. The molecule has 1 aromatic carbocycles. The van der Waals surface area contributed by atoms with Gasteiger partial charge in [-0.1, -0.05) is 12.1 Å². The van der Waals surface area contributed by atoms with E-state index >= 15 is 0 Å². The minimum atomic E-state index is 0.119. The van der Waals surface area contributed by atoms with E-state index in [2.05, 4.69) is 48.0 Å². The molecule has 0 spiro atoms. The average Bonchev–Trinajstić information content (AvgIpc) is 2.29. The normalized spacial score (nSPS) is 23.8. The fourth-order valence-electron chi connectivity index (χ4n) is 2.49. The molecule has 2 atom stereocenters. The van der Waals surface area contributed by atoms with Crippen molar-refractivity contribution in [2.75, 3.05) is 31.6 Å². The number of rotatable bonds is 2. The van der Waals surface area contributed by atoms with Gasteiger partial charge in [0, 0.05) is 37.4 Å². The van der Waals surface area contributed by atoms with Crippen molar-refractivity contribution in [3.63, 3.8) is 0 Å². The first-order valence-corrected chi connectivity index (χ1v) is 6.38. The molecule has 0 bridgehead atoms. The lowest BCUT2D eigenvalue weighted by atomic mass is 10.1. The number of hydrogen-bond acceptors (Lipinski definition) is 3. The number of nitrogens with zero attached hydrogens (tertiary/aromatic N) is 2. The summed E-state index contributed by atoms with van der Waals surface area (Å²) in [6, 6.07) is 9.38. The van der Waals surface area contributed by atoms with Crippen LogP contribution in [0, 0.1) is 0 Å². The van der Waals surface area contributed by atoms with Gasteiger partial charge in [-0.2, -0.15) is 0 Å². The third-order valence-corrected chi connectivity index (χ3v) is 3.58. The largest absolute Gasteiger partial charge is 0.366 e. The molecule has 0 saturated carbocycles. The van der Waals surface area contributed by atoms with E-state index < -0.39 is 0 Å². The van der Waals surface area contributed by atoms with E-state index in [-0.39, 0.29) is 6.04 Å². The molecule has 1 heterocycles. The number of likely N-dealkylation sites (N-methyl/N-ethyl adjacent to an activating group) is 1. The zero-order valence-electron chi connectivity index (χ0n) is 11.1. The zero-order chi connectivity index (χ0) is 12.4. The van der Waals surface area contributed by atoms with Crippen LogP contribution in [0.5, 0.6) is 0 Å². The highest BCUT2D eigenvalue weighted by Crippen LogP contribution is 2.22. The number of anilines is 1. The van der Waals surface area contributed by atoms with Gasteiger partial charge in [-0.15, -0.1) is 0 Å². The molecule has 94 valence electrons. The fourth-order valence-corrected chi connectivity index (χ4v) is 2.49. The van der Waals surface area contributed by atoms with Crippen molar-refractivity contribution in [3.8, 4) is 0 Å². The van der Waals surface area contributed by atoms with Gasteiger partial charge in [0.2, 0.25) is 0 Å². The van der Waals surface area contributed by atoms with Crippen molar-refractivity contribution < 1.29 is 0 Å². The summed E-state index contributed by atoms with van der Waals surface area (Å²) in [5.41, 5.74) is 8.39. The van der Waals surface area contributed by atoms with E-state index in [0.29, 0.717) is 6.04 Å². The predicted octanol–water partition coefficient (Wildman–Crippen LogP) is 1.85. The fraction of sp³-hybridized carbons (Fsp3) is 0.571. The maximum Gasteiger partial charge on any atom is 0.0389 e. The molecule has 3 nitrogen and oxygen atoms in total. The quantitative estimate of drug-likeness (QED) is 0.846. The summed E-state index contributed by atoms with van der Waals surface area (Å²) in [6.45, 7) is 7.69. The summed E-state index contributed by atoms with van der Waals surface area (Å²) >= 11 is 0. The molecule has 1 aromatic rings. The summed E-state index contributed by atoms with van der Waals surface area (Å²) in [7, 11) is 2.19. The first-order chi connectivity index (χ1) is 8.08. The number of benzene rings is 1. The molecule has 3 heteroatoms. The van der Waals surface area contributed by atoms with E-state index in [0.717, 1.165) is 19.6 Å². The number of piperazine rings is 1. The van der Waals surface area contributed by atoms with Crippen molar-refractivity contribution in [1.82, 2.24) is 4.90 Å². The Balaban J connectivity index is 2.11. The van der Waals surface area contributed by atoms with Crippen LogP contribution < -0.4 is 10.6 Å². The van der Waals surface area contributed by atoms with E-state index in [1.807, 2.05) is 6.92 Å². The van der Waals surface area contributed by atoms with E-state index in [1.54, 1.807) is 0 Å². The van der Waals surface area contributed by atoms with Crippen LogP contribution in [0.3, 0.4) is 0 Å². The first kappa shape index (κ1) is 12.4. The summed E-state index contributed by atoms with van der Waals surface area (Å²) in [5.74, 6) is 0. The van der Waals surface area contributed by atoms with Crippen LogP contribution in [0.15, 0.2) is 24.3 Å². The van der Waals surface area contributed by atoms with Crippen molar-refractivity contribution in [2.45, 2.75) is 25.9 Å². The summed E-state index contributed by atoms with van der Waals surface area (Å²) in [4.78, 5) is 4.86. The summed E-state index contributed by atoms with van der Waals surface area (Å²) < 4.78 is 0. The van der Waals surface area contributed by atoms with Gasteiger partial charge < -0.3 is 15.5 Å². The van der Waals surface area contributed by atoms with E-state index in [4.69, 9.17) is 5.73 Å². The molecular weight excluding hydrogens is 210 g/mol. The highest BCUT2D eigenvalue weighted by atomic mass is 15.3. The van der Waals surface area contributed by atoms with Gasteiger partial charge in [-0.3, -0.25) is 0 Å². The molecule has 17 heavy (non-hydrogen) atoms. The first-order valence-electron chi connectivity index (χ1n) is 6.38. The highest BCUT2D eigenvalue weighted by Gasteiger charge is 2.21. The predicted molar refractivity (Wildman–Crippen MR) is 73.3 cm³/mol. The lowest BCUT2D eigenvalue weighted by molar-refractivity contribution is 0.275. The van der Waals surface area contributed by atoms with Gasteiger partial charge in [-0.25, -0.2) is 0 Å². The minimum Gasteiger partial charge on any atom is -0.366 e. The SMILES string of the molecule is CC1CN(C)CCN1c1ccc([C@@H](C)N)cc1. The molecule has 2 N–H and O–H groups in total. The Hall–Kier alpha value is -1.06. The Labute approximate surface area is 104 Å². The third-order valence-electron chi connectivity index (χ3n) is 3.58. The van der Waals surface area contributed by atoms with E-state index in [1.165, 1.54) is 11.3 Å².